The Bertz CT molecular complexity index is 459. The maximum absolute atomic E-state index is 12.1. The second-order valence-electron chi connectivity index (χ2n) is 5.29. The molecule has 0 saturated heterocycles. The first-order valence-corrected chi connectivity index (χ1v) is 7.66. The number of carbonyl (C=O) groups is 1. The molecule has 0 unspecified atom stereocenters. The molecule has 2 amide bonds. The van der Waals surface area contributed by atoms with Crippen molar-refractivity contribution in [3.05, 3.63) is 24.3 Å². The van der Waals surface area contributed by atoms with Crippen LogP contribution in [0.5, 0.6) is 5.75 Å². The Labute approximate surface area is 125 Å². The van der Waals surface area contributed by atoms with Gasteiger partial charge in [0.25, 0.3) is 0 Å². The summed E-state index contributed by atoms with van der Waals surface area (Å²) in [5.74, 6) is 0.796. The average Bonchev–Trinajstić information content (AvgIpc) is 2.98. The summed E-state index contributed by atoms with van der Waals surface area (Å²) in [4.78, 5) is 13.6. The van der Waals surface area contributed by atoms with Crippen LogP contribution < -0.4 is 10.1 Å². The zero-order chi connectivity index (χ0) is 15.1. The number of ether oxygens (including phenoxy) is 1. The van der Waals surface area contributed by atoms with E-state index in [2.05, 4.69) is 5.32 Å². The number of hydrogen-bond donors (Lipinski definition) is 2. The Balaban J connectivity index is 1.94. The van der Waals surface area contributed by atoms with Gasteiger partial charge in [0.15, 0.2) is 0 Å². The highest BCUT2D eigenvalue weighted by Gasteiger charge is 2.17. The van der Waals surface area contributed by atoms with Crippen LogP contribution in [0.15, 0.2) is 24.3 Å². The van der Waals surface area contributed by atoms with Gasteiger partial charge in [0.2, 0.25) is 0 Å². The lowest BCUT2D eigenvalue weighted by molar-refractivity contribution is 0.192. The number of likely N-dealkylation sites (N-methyl/N-ethyl adjacent to an activating group) is 1. The minimum Gasteiger partial charge on any atom is -0.490 e. The van der Waals surface area contributed by atoms with Crippen LogP contribution in [0.1, 0.15) is 32.6 Å². The van der Waals surface area contributed by atoms with Crippen molar-refractivity contribution in [2.24, 2.45) is 0 Å². The predicted molar refractivity (Wildman–Crippen MR) is 82.7 cm³/mol. The maximum Gasteiger partial charge on any atom is 0.321 e. The van der Waals surface area contributed by atoms with Crippen molar-refractivity contribution in [3.63, 3.8) is 0 Å². The summed E-state index contributed by atoms with van der Waals surface area (Å²) in [5.41, 5.74) is 0.715. The molecule has 1 fully saturated rings. The van der Waals surface area contributed by atoms with Crippen LogP contribution in [0.2, 0.25) is 0 Å². The third kappa shape index (κ3) is 4.63. The van der Waals surface area contributed by atoms with Crippen LogP contribution in [0.4, 0.5) is 10.5 Å². The van der Waals surface area contributed by atoms with Crippen molar-refractivity contribution < 1.29 is 14.6 Å². The van der Waals surface area contributed by atoms with E-state index in [1.807, 2.05) is 31.2 Å². The van der Waals surface area contributed by atoms with Crippen LogP contribution in [0.25, 0.3) is 0 Å². The molecular weight excluding hydrogens is 268 g/mol. The number of hydrogen-bond acceptors (Lipinski definition) is 3. The van der Waals surface area contributed by atoms with Crippen LogP contribution in [0.3, 0.4) is 0 Å². The molecule has 0 heterocycles. The van der Waals surface area contributed by atoms with Crippen molar-refractivity contribution in [3.8, 4) is 5.75 Å². The Kier molecular flexibility index (Phi) is 5.87. The maximum atomic E-state index is 12.1. The first kappa shape index (κ1) is 15.6. The van der Waals surface area contributed by atoms with E-state index in [1.165, 1.54) is 12.8 Å². The summed E-state index contributed by atoms with van der Waals surface area (Å²) in [6.07, 6.45) is 4.98. The summed E-state index contributed by atoms with van der Waals surface area (Å²) in [6, 6.07) is 7.28. The van der Waals surface area contributed by atoms with Crippen molar-refractivity contribution in [2.45, 2.75) is 38.7 Å². The van der Waals surface area contributed by atoms with Crippen molar-refractivity contribution in [1.82, 2.24) is 4.90 Å². The first-order valence-electron chi connectivity index (χ1n) is 7.66. The van der Waals surface area contributed by atoms with Crippen molar-refractivity contribution in [1.29, 1.82) is 0 Å². The predicted octanol–water partition coefficient (Wildman–Crippen LogP) is 2.85. The van der Waals surface area contributed by atoms with Gasteiger partial charge in [-0.1, -0.05) is 6.07 Å². The molecule has 0 radical (unpaired) electrons. The van der Waals surface area contributed by atoms with Crippen LogP contribution in [0, 0.1) is 0 Å². The molecule has 2 rings (SSSR count). The van der Waals surface area contributed by atoms with E-state index in [0.29, 0.717) is 24.9 Å². The summed E-state index contributed by atoms with van der Waals surface area (Å²) < 4.78 is 5.93. The van der Waals surface area contributed by atoms with Gasteiger partial charge >= 0.3 is 6.03 Å². The molecule has 0 bridgehead atoms. The molecule has 0 spiro atoms. The highest BCUT2D eigenvalue weighted by atomic mass is 16.5. The highest BCUT2D eigenvalue weighted by molar-refractivity contribution is 5.89. The molecule has 1 aliphatic carbocycles. The van der Waals surface area contributed by atoms with Crippen molar-refractivity contribution >= 4 is 11.7 Å². The van der Waals surface area contributed by atoms with E-state index in [0.717, 1.165) is 18.6 Å². The van der Waals surface area contributed by atoms with Gasteiger partial charge in [0, 0.05) is 24.8 Å². The number of carbonyl (C=O) groups excluding carboxylic acids is 1. The van der Waals surface area contributed by atoms with E-state index in [-0.39, 0.29) is 12.6 Å². The molecule has 2 N–H and O–H groups in total. The Morgan fingerprint density at radius 2 is 2.19 bits per heavy atom. The largest absolute Gasteiger partial charge is 0.490 e. The number of rotatable bonds is 6. The van der Waals surface area contributed by atoms with E-state index >= 15 is 0 Å². The second kappa shape index (κ2) is 7.88. The van der Waals surface area contributed by atoms with E-state index in [4.69, 9.17) is 9.84 Å². The molecule has 5 heteroatoms. The number of nitrogens with one attached hydrogen (secondary N) is 1. The fourth-order valence-electron chi connectivity index (χ4n) is 2.57. The molecule has 0 aromatic heterocycles. The topological polar surface area (TPSA) is 61.8 Å². The third-order valence-corrected chi connectivity index (χ3v) is 3.73. The van der Waals surface area contributed by atoms with Gasteiger partial charge in [-0.05, 0) is 44.7 Å². The van der Waals surface area contributed by atoms with Gasteiger partial charge in [0.1, 0.15) is 5.75 Å². The molecule has 0 atom stereocenters. The lowest BCUT2D eigenvalue weighted by atomic mass is 10.2. The molecular formula is C16H24N2O3. The smallest absolute Gasteiger partial charge is 0.321 e. The molecule has 5 nitrogen and oxygen atoms in total. The number of aliphatic hydroxyl groups excluding tert-OH is 1. The zero-order valence-corrected chi connectivity index (χ0v) is 12.5. The monoisotopic (exact) mass is 292 g/mol. The Morgan fingerprint density at radius 1 is 1.43 bits per heavy atom. The van der Waals surface area contributed by atoms with Crippen molar-refractivity contribution in [2.75, 3.05) is 25.0 Å². The standard InChI is InChI=1S/C16H24N2O3/c1-2-18(10-11-19)16(20)17-13-6-5-9-15(12-13)21-14-7-3-4-8-14/h5-6,9,12,14,19H,2-4,7-8,10-11H2,1H3,(H,17,20). The number of benzene rings is 1. The fraction of sp³-hybridized carbons (Fsp3) is 0.562. The third-order valence-electron chi connectivity index (χ3n) is 3.73. The molecule has 21 heavy (non-hydrogen) atoms. The highest BCUT2D eigenvalue weighted by Crippen LogP contribution is 2.25. The molecule has 116 valence electrons. The van der Waals surface area contributed by atoms with E-state index in [1.54, 1.807) is 4.90 Å². The van der Waals surface area contributed by atoms with Gasteiger partial charge in [-0.15, -0.1) is 0 Å². The quantitative estimate of drug-likeness (QED) is 0.847. The number of urea groups is 1. The zero-order valence-electron chi connectivity index (χ0n) is 12.5. The SMILES string of the molecule is CCN(CCO)C(=O)Nc1cccc(OC2CCCC2)c1. The Hall–Kier alpha value is -1.75. The lowest BCUT2D eigenvalue weighted by Crippen LogP contribution is -2.36. The Morgan fingerprint density at radius 3 is 2.86 bits per heavy atom. The normalized spacial score (nSPS) is 15.0. The number of aliphatic hydroxyl groups is 1. The van der Waals surface area contributed by atoms with Gasteiger partial charge < -0.3 is 20.1 Å². The number of anilines is 1. The molecule has 1 aliphatic rings. The number of amides is 2. The minimum absolute atomic E-state index is 0.0356. The van der Waals surface area contributed by atoms with Gasteiger partial charge in [-0.2, -0.15) is 0 Å². The van der Waals surface area contributed by atoms with Gasteiger partial charge in [-0.3, -0.25) is 0 Å². The average molecular weight is 292 g/mol. The fourth-order valence-corrected chi connectivity index (χ4v) is 2.57. The van der Waals surface area contributed by atoms with Crippen LogP contribution >= 0.6 is 0 Å². The number of nitrogens with zero attached hydrogens (tertiary/aromatic N) is 1. The molecule has 1 saturated carbocycles. The second-order valence-corrected chi connectivity index (χ2v) is 5.29. The van der Waals surface area contributed by atoms with E-state index < -0.39 is 0 Å². The molecule has 0 aliphatic heterocycles. The molecule has 1 aromatic carbocycles. The minimum atomic E-state index is -0.204. The summed E-state index contributed by atoms with van der Waals surface area (Å²) in [5, 5.41) is 11.8. The summed E-state index contributed by atoms with van der Waals surface area (Å²) in [6.45, 7) is 2.74. The van der Waals surface area contributed by atoms with Gasteiger partial charge in [-0.25, -0.2) is 4.79 Å². The first-order chi connectivity index (χ1) is 10.2. The van der Waals surface area contributed by atoms with Crippen LogP contribution in [-0.4, -0.2) is 41.8 Å². The summed E-state index contributed by atoms with van der Waals surface area (Å²) >= 11 is 0. The van der Waals surface area contributed by atoms with E-state index in [9.17, 15) is 4.79 Å². The van der Waals surface area contributed by atoms with Gasteiger partial charge in [0.05, 0.1) is 12.7 Å². The molecule has 1 aromatic rings. The lowest BCUT2D eigenvalue weighted by Gasteiger charge is -2.20. The van der Waals surface area contributed by atoms with Crippen LogP contribution in [-0.2, 0) is 0 Å². The summed E-state index contributed by atoms with van der Waals surface area (Å²) in [7, 11) is 0.